The van der Waals surface area contributed by atoms with Crippen LogP contribution in [0.4, 0.5) is 0 Å². The van der Waals surface area contributed by atoms with Crippen LogP contribution >= 0.6 is 0 Å². The van der Waals surface area contributed by atoms with Crippen LogP contribution in [0.15, 0.2) is 77.6 Å². The molecule has 3 nitrogen and oxygen atoms in total. The van der Waals surface area contributed by atoms with Gasteiger partial charge in [-0.1, -0.05) is 36.4 Å². The molecule has 0 amide bonds. The molecule has 0 aliphatic carbocycles. The van der Waals surface area contributed by atoms with E-state index in [0.717, 1.165) is 22.7 Å². The first-order valence-corrected chi connectivity index (χ1v) is 7.20. The minimum absolute atomic E-state index is 0.0436. The van der Waals surface area contributed by atoms with Crippen molar-refractivity contribution in [2.45, 2.75) is 13.5 Å². The summed E-state index contributed by atoms with van der Waals surface area (Å²) in [7, 11) is 0. The number of nitrogens with zero attached hydrogens (tertiary/aromatic N) is 1. The molecule has 22 heavy (non-hydrogen) atoms. The van der Waals surface area contributed by atoms with Crippen LogP contribution in [0.3, 0.4) is 0 Å². The molecular formula is C19H17NO2. The van der Waals surface area contributed by atoms with Gasteiger partial charge in [-0.2, -0.15) is 0 Å². The molecule has 2 aromatic carbocycles. The smallest absolute Gasteiger partial charge is 0.255 e. The second-order valence-electron chi connectivity index (χ2n) is 5.12. The monoisotopic (exact) mass is 291 g/mol. The molecule has 0 saturated carbocycles. The number of pyridine rings is 1. The Hall–Kier alpha value is -2.81. The lowest BCUT2D eigenvalue weighted by Gasteiger charge is -2.12. The van der Waals surface area contributed by atoms with Crippen LogP contribution in [-0.2, 0) is 6.61 Å². The van der Waals surface area contributed by atoms with Crippen LogP contribution in [0.25, 0.3) is 5.69 Å². The fourth-order valence-corrected chi connectivity index (χ4v) is 2.45. The Morgan fingerprint density at radius 3 is 2.18 bits per heavy atom. The maximum atomic E-state index is 12.4. The van der Waals surface area contributed by atoms with E-state index in [4.69, 9.17) is 4.74 Å². The van der Waals surface area contributed by atoms with Crippen molar-refractivity contribution in [2.75, 3.05) is 0 Å². The second-order valence-corrected chi connectivity index (χ2v) is 5.12. The fraction of sp³-hybridized carbons (Fsp3) is 0.105. The second kappa shape index (κ2) is 6.31. The molecule has 0 N–H and O–H groups in total. The van der Waals surface area contributed by atoms with E-state index < -0.39 is 0 Å². The first-order chi connectivity index (χ1) is 10.7. The van der Waals surface area contributed by atoms with Crippen LogP contribution in [-0.4, -0.2) is 4.57 Å². The Kier molecular flexibility index (Phi) is 4.05. The summed E-state index contributed by atoms with van der Waals surface area (Å²) >= 11 is 0. The van der Waals surface area contributed by atoms with E-state index in [1.54, 1.807) is 10.6 Å². The summed E-state index contributed by atoms with van der Waals surface area (Å²) in [5, 5.41) is 0. The van der Waals surface area contributed by atoms with E-state index in [0.29, 0.717) is 6.61 Å². The quantitative estimate of drug-likeness (QED) is 0.733. The van der Waals surface area contributed by atoms with Gasteiger partial charge in [-0.25, -0.2) is 0 Å². The minimum atomic E-state index is -0.0436. The number of rotatable bonds is 4. The van der Waals surface area contributed by atoms with Gasteiger partial charge in [0.15, 0.2) is 0 Å². The van der Waals surface area contributed by atoms with Crippen LogP contribution in [0.5, 0.6) is 5.75 Å². The maximum absolute atomic E-state index is 12.4. The highest BCUT2D eigenvalue weighted by Crippen LogP contribution is 2.13. The summed E-state index contributed by atoms with van der Waals surface area (Å²) in [6.07, 6.45) is 0. The van der Waals surface area contributed by atoms with Crippen molar-refractivity contribution < 1.29 is 4.74 Å². The number of hydrogen-bond acceptors (Lipinski definition) is 2. The largest absolute Gasteiger partial charge is 0.489 e. The van der Waals surface area contributed by atoms with Crippen molar-refractivity contribution >= 4 is 0 Å². The molecule has 0 atom stereocenters. The highest BCUT2D eigenvalue weighted by atomic mass is 16.5. The Morgan fingerprint density at radius 1 is 0.909 bits per heavy atom. The lowest BCUT2D eigenvalue weighted by atomic mass is 10.2. The normalized spacial score (nSPS) is 10.4. The van der Waals surface area contributed by atoms with Crippen molar-refractivity contribution in [1.82, 2.24) is 4.57 Å². The number of aryl methyl sites for hydroxylation is 1. The number of para-hydroxylation sites is 2. The number of ether oxygens (including phenoxy) is 1. The minimum Gasteiger partial charge on any atom is -0.489 e. The van der Waals surface area contributed by atoms with E-state index in [1.165, 1.54) is 0 Å². The van der Waals surface area contributed by atoms with Crippen molar-refractivity contribution in [2.24, 2.45) is 0 Å². The third-order valence-electron chi connectivity index (χ3n) is 3.44. The Labute approximate surface area is 129 Å². The molecule has 0 aliphatic heterocycles. The molecular weight excluding hydrogens is 274 g/mol. The Bertz CT molecular complexity index is 808. The molecule has 3 rings (SSSR count). The summed E-state index contributed by atoms with van der Waals surface area (Å²) in [6.45, 7) is 2.32. The summed E-state index contributed by atoms with van der Waals surface area (Å²) in [5.41, 5.74) is 2.60. The van der Waals surface area contributed by atoms with Crippen LogP contribution in [0.1, 0.15) is 11.3 Å². The lowest BCUT2D eigenvalue weighted by molar-refractivity contribution is 0.305. The predicted molar refractivity (Wildman–Crippen MR) is 87.6 cm³/mol. The van der Waals surface area contributed by atoms with Gasteiger partial charge in [-0.3, -0.25) is 9.36 Å². The van der Waals surface area contributed by atoms with Gasteiger partial charge in [0.2, 0.25) is 0 Å². The van der Waals surface area contributed by atoms with Crippen molar-refractivity contribution in [3.8, 4) is 11.4 Å². The van der Waals surface area contributed by atoms with E-state index >= 15 is 0 Å². The first kappa shape index (κ1) is 14.1. The third kappa shape index (κ3) is 3.09. The molecule has 3 heteroatoms. The molecule has 0 bridgehead atoms. The topological polar surface area (TPSA) is 31.2 Å². The molecule has 0 aliphatic rings. The highest BCUT2D eigenvalue weighted by Gasteiger charge is 2.06. The van der Waals surface area contributed by atoms with Gasteiger partial charge >= 0.3 is 0 Å². The summed E-state index contributed by atoms with van der Waals surface area (Å²) in [5.74, 6) is 0.799. The van der Waals surface area contributed by atoms with Gasteiger partial charge in [0.25, 0.3) is 5.56 Å². The summed E-state index contributed by atoms with van der Waals surface area (Å²) in [4.78, 5) is 12.4. The van der Waals surface area contributed by atoms with Crippen LogP contribution in [0.2, 0.25) is 0 Å². The number of benzene rings is 2. The summed E-state index contributed by atoms with van der Waals surface area (Å²) < 4.78 is 7.40. The predicted octanol–water partition coefficient (Wildman–Crippen LogP) is 3.72. The molecule has 3 aromatic rings. The SMILES string of the molecule is Cc1cc(COc2ccccc2)cc(=O)n1-c1ccccc1. The van der Waals surface area contributed by atoms with Gasteiger partial charge in [0, 0.05) is 17.4 Å². The molecule has 1 aromatic heterocycles. The summed E-state index contributed by atoms with van der Waals surface area (Å²) in [6, 6.07) is 22.8. The zero-order valence-electron chi connectivity index (χ0n) is 12.4. The molecule has 1 heterocycles. The van der Waals surface area contributed by atoms with Crippen molar-refractivity contribution in [3.05, 3.63) is 94.4 Å². The molecule has 0 fully saturated rings. The average Bonchev–Trinajstić information content (AvgIpc) is 2.54. The Morgan fingerprint density at radius 2 is 1.55 bits per heavy atom. The van der Waals surface area contributed by atoms with Crippen molar-refractivity contribution in [3.63, 3.8) is 0 Å². The van der Waals surface area contributed by atoms with Gasteiger partial charge in [-0.05, 0) is 42.8 Å². The molecule has 0 radical (unpaired) electrons. The highest BCUT2D eigenvalue weighted by molar-refractivity contribution is 5.35. The molecule has 0 saturated heterocycles. The van der Waals surface area contributed by atoms with Gasteiger partial charge in [0.05, 0.1) is 0 Å². The average molecular weight is 291 g/mol. The van der Waals surface area contributed by atoms with Crippen LogP contribution in [0, 0.1) is 6.92 Å². The fourth-order valence-electron chi connectivity index (χ4n) is 2.45. The zero-order valence-corrected chi connectivity index (χ0v) is 12.4. The van der Waals surface area contributed by atoms with E-state index in [2.05, 4.69) is 0 Å². The standard InChI is InChI=1S/C19H17NO2/c1-15-12-16(14-22-18-10-6-3-7-11-18)13-19(21)20(15)17-8-4-2-5-9-17/h2-13H,14H2,1H3. The van der Waals surface area contributed by atoms with E-state index in [1.807, 2.05) is 73.7 Å². The number of hydrogen-bond donors (Lipinski definition) is 0. The van der Waals surface area contributed by atoms with E-state index in [9.17, 15) is 4.79 Å². The molecule has 110 valence electrons. The first-order valence-electron chi connectivity index (χ1n) is 7.20. The Balaban J connectivity index is 1.85. The van der Waals surface area contributed by atoms with Gasteiger partial charge < -0.3 is 4.74 Å². The van der Waals surface area contributed by atoms with Crippen molar-refractivity contribution in [1.29, 1.82) is 0 Å². The van der Waals surface area contributed by atoms with Gasteiger partial charge in [-0.15, -0.1) is 0 Å². The number of aromatic nitrogens is 1. The zero-order chi connectivity index (χ0) is 15.4. The molecule has 0 spiro atoms. The van der Waals surface area contributed by atoms with Crippen LogP contribution < -0.4 is 10.3 Å². The van der Waals surface area contributed by atoms with E-state index in [-0.39, 0.29) is 5.56 Å². The third-order valence-corrected chi connectivity index (χ3v) is 3.44. The lowest BCUT2D eigenvalue weighted by Crippen LogP contribution is -2.20. The van der Waals surface area contributed by atoms with Gasteiger partial charge in [0.1, 0.15) is 12.4 Å². The molecule has 0 unspecified atom stereocenters. The maximum Gasteiger partial charge on any atom is 0.255 e.